The van der Waals surface area contributed by atoms with Crippen LogP contribution in [0.3, 0.4) is 0 Å². The molecule has 2 N–H and O–H groups in total. The van der Waals surface area contributed by atoms with Crippen molar-refractivity contribution in [2.75, 3.05) is 5.32 Å². The number of carbonyl (C=O) groups is 1. The Kier molecular flexibility index (Phi) is 5.97. The van der Waals surface area contributed by atoms with Crippen LogP contribution in [0, 0.1) is 0 Å². The zero-order valence-corrected chi connectivity index (χ0v) is 15.8. The molecule has 2 rings (SSSR count). The lowest BCUT2D eigenvalue weighted by Crippen LogP contribution is -2.15. The molecular formula is C15H10Br2ClNO2S. The van der Waals surface area contributed by atoms with Crippen molar-refractivity contribution < 1.29 is 9.90 Å². The van der Waals surface area contributed by atoms with Gasteiger partial charge in [0.15, 0.2) is 0 Å². The molecule has 0 radical (unpaired) electrons. The average Bonchev–Trinajstić information content (AvgIpc) is 2.43. The van der Waals surface area contributed by atoms with Crippen LogP contribution in [0.5, 0.6) is 0 Å². The second-order valence-electron chi connectivity index (χ2n) is 4.45. The molecule has 0 heterocycles. The van der Waals surface area contributed by atoms with E-state index in [1.807, 2.05) is 24.3 Å². The Morgan fingerprint density at radius 3 is 2.45 bits per heavy atom. The van der Waals surface area contributed by atoms with Crippen molar-refractivity contribution in [1.29, 1.82) is 0 Å². The zero-order chi connectivity index (χ0) is 16.3. The van der Waals surface area contributed by atoms with Gasteiger partial charge in [0, 0.05) is 25.2 Å². The van der Waals surface area contributed by atoms with Crippen LogP contribution in [0.25, 0.3) is 0 Å². The molecule has 0 saturated carbocycles. The normalized spacial score (nSPS) is 10.3. The number of carboxylic acid groups (broad SMARTS) is 1. The van der Waals surface area contributed by atoms with E-state index < -0.39 is 5.97 Å². The summed E-state index contributed by atoms with van der Waals surface area (Å²) in [4.78, 5) is 11.5. The quantitative estimate of drug-likeness (QED) is 0.606. The van der Waals surface area contributed by atoms with E-state index in [1.165, 1.54) is 0 Å². The van der Waals surface area contributed by atoms with Crippen molar-refractivity contribution in [1.82, 2.24) is 0 Å². The number of hydrogen-bond donors (Lipinski definition) is 2. The maximum Gasteiger partial charge on any atom is 0.307 e. The van der Waals surface area contributed by atoms with E-state index in [1.54, 1.807) is 12.1 Å². The largest absolute Gasteiger partial charge is 0.481 e. The molecule has 0 aliphatic carbocycles. The van der Waals surface area contributed by atoms with Crippen molar-refractivity contribution >= 4 is 72.3 Å². The third kappa shape index (κ3) is 4.52. The average molecular weight is 464 g/mol. The Morgan fingerprint density at radius 2 is 1.86 bits per heavy atom. The van der Waals surface area contributed by atoms with Crippen LogP contribution in [-0.2, 0) is 11.2 Å². The lowest BCUT2D eigenvalue weighted by molar-refractivity contribution is -0.136. The van der Waals surface area contributed by atoms with Crippen LogP contribution in [0.15, 0.2) is 45.3 Å². The van der Waals surface area contributed by atoms with Crippen LogP contribution in [-0.4, -0.2) is 16.1 Å². The number of hydrogen-bond acceptors (Lipinski definition) is 2. The van der Waals surface area contributed by atoms with Gasteiger partial charge in [0.25, 0.3) is 0 Å². The van der Waals surface area contributed by atoms with Gasteiger partial charge in [0.05, 0.1) is 6.42 Å². The van der Waals surface area contributed by atoms with E-state index in [2.05, 4.69) is 37.2 Å². The highest BCUT2D eigenvalue weighted by molar-refractivity contribution is 9.10. The number of anilines is 1. The lowest BCUT2D eigenvalue weighted by atomic mass is 10.0. The van der Waals surface area contributed by atoms with Crippen LogP contribution in [0.2, 0.25) is 5.02 Å². The summed E-state index contributed by atoms with van der Waals surface area (Å²) >= 11 is 18.2. The highest BCUT2D eigenvalue weighted by Crippen LogP contribution is 2.28. The first-order chi connectivity index (χ1) is 10.4. The van der Waals surface area contributed by atoms with Gasteiger partial charge in [-0.2, -0.15) is 0 Å². The molecule has 7 heteroatoms. The predicted octanol–water partition coefficient (Wildman–Crippen LogP) is 5.28. The van der Waals surface area contributed by atoms with Gasteiger partial charge in [-0.1, -0.05) is 55.7 Å². The number of benzene rings is 2. The molecule has 0 aromatic heterocycles. The molecule has 3 nitrogen and oxygen atoms in total. The first-order valence-corrected chi connectivity index (χ1v) is 8.50. The molecule has 2 aromatic carbocycles. The number of thiocarbonyl (C=S) groups is 1. The molecule has 0 saturated heterocycles. The summed E-state index contributed by atoms with van der Waals surface area (Å²) in [5, 5.41) is 12.6. The maximum absolute atomic E-state index is 11.1. The molecule has 0 unspecified atom stereocenters. The first-order valence-electron chi connectivity index (χ1n) is 6.13. The van der Waals surface area contributed by atoms with Crippen molar-refractivity contribution in [2.24, 2.45) is 0 Å². The molecule has 0 atom stereocenters. The molecular weight excluding hydrogens is 453 g/mol. The van der Waals surface area contributed by atoms with Gasteiger partial charge < -0.3 is 10.4 Å². The number of halogens is 3. The van der Waals surface area contributed by atoms with E-state index in [0.29, 0.717) is 25.6 Å². The highest BCUT2D eigenvalue weighted by Gasteiger charge is 2.15. The molecule has 0 bridgehead atoms. The van der Waals surface area contributed by atoms with Crippen molar-refractivity contribution in [2.45, 2.75) is 6.42 Å². The van der Waals surface area contributed by atoms with Gasteiger partial charge in [-0.15, -0.1) is 0 Å². The fourth-order valence-corrected chi connectivity index (χ4v) is 3.38. The minimum atomic E-state index is -0.935. The fourth-order valence-electron chi connectivity index (χ4n) is 1.87. The summed E-state index contributed by atoms with van der Waals surface area (Å²) in [6.07, 6.45) is -0.144. The highest BCUT2D eigenvalue weighted by atomic mass is 79.9. The number of carboxylic acids is 1. The summed E-state index contributed by atoms with van der Waals surface area (Å²) in [7, 11) is 0. The van der Waals surface area contributed by atoms with E-state index in [4.69, 9.17) is 28.9 Å². The van der Waals surface area contributed by atoms with E-state index in [-0.39, 0.29) is 6.42 Å². The monoisotopic (exact) mass is 461 g/mol. The Labute approximate surface area is 154 Å². The second-order valence-corrected chi connectivity index (χ2v) is 7.06. The predicted molar refractivity (Wildman–Crippen MR) is 100.0 cm³/mol. The van der Waals surface area contributed by atoms with Gasteiger partial charge in [0.2, 0.25) is 0 Å². The van der Waals surface area contributed by atoms with E-state index >= 15 is 0 Å². The first kappa shape index (κ1) is 17.4. The van der Waals surface area contributed by atoms with Gasteiger partial charge >= 0.3 is 5.97 Å². The summed E-state index contributed by atoms with van der Waals surface area (Å²) in [5.74, 6) is -0.935. The third-order valence-corrected chi connectivity index (χ3v) is 4.61. The van der Waals surface area contributed by atoms with Gasteiger partial charge in [-0.3, -0.25) is 4.79 Å². The van der Waals surface area contributed by atoms with Crippen LogP contribution < -0.4 is 5.32 Å². The van der Waals surface area contributed by atoms with Gasteiger partial charge in [-0.05, 0) is 42.0 Å². The number of nitrogens with one attached hydrogen (secondary N) is 1. The molecule has 0 fully saturated rings. The zero-order valence-electron chi connectivity index (χ0n) is 11.1. The van der Waals surface area contributed by atoms with Crippen LogP contribution >= 0.6 is 55.7 Å². The van der Waals surface area contributed by atoms with Crippen molar-refractivity contribution in [3.8, 4) is 0 Å². The summed E-state index contributed by atoms with van der Waals surface area (Å²) in [6.45, 7) is 0. The van der Waals surface area contributed by atoms with E-state index in [0.717, 1.165) is 10.2 Å². The number of rotatable bonds is 4. The SMILES string of the molecule is O=C(O)Cc1c(Br)cc(Cl)cc1C(=S)Nc1ccc(Br)cc1. The minimum absolute atomic E-state index is 0.144. The van der Waals surface area contributed by atoms with Gasteiger partial charge in [-0.25, -0.2) is 0 Å². The lowest BCUT2D eigenvalue weighted by Gasteiger charge is -2.14. The van der Waals surface area contributed by atoms with Crippen molar-refractivity contribution in [3.05, 3.63) is 61.5 Å². The molecule has 2 aromatic rings. The number of aliphatic carboxylic acids is 1. The summed E-state index contributed by atoms with van der Waals surface area (Å²) in [6, 6.07) is 10.8. The maximum atomic E-state index is 11.1. The molecule has 0 aliphatic rings. The Bertz CT molecular complexity index is 735. The summed E-state index contributed by atoms with van der Waals surface area (Å²) < 4.78 is 1.58. The molecule has 22 heavy (non-hydrogen) atoms. The van der Waals surface area contributed by atoms with Crippen LogP contribution in [0.4, 0.5) is 5.69 Å². The Morgan fingerprint density at radius 1 is 1.23 bits per heavy atom. The van der Waals surface area contributed by atoms with E-state index in [9.17, 15) is 4.79 Å². The molecule has 0 aliphatic heterocycles. The van der Waals surface area contributed by atoms with Crippen LogP contribution in [0.1, 0.15) is 11.1 Å². The summed E-state index contributed by atoms with van der Waals surface area (Å²) in [5.41, 5.74) is 2.00. The Hall–Kier alpha value is -0.950. The Balaban J connectivity index is 2.35. The fraction of sp³-hybridized carbons (Fsp3) is 0.0667. The molecule has 0 spiro atoms. The second kappa shape index (κ2) is 7.55. The smallest absolute Gasteiger partial charge is 0.307 e. The van der Waals surface area contributed by atoms with Crippen molar-refractivity contribution in [3.63, 3.8) is 0 Å². The molecule has 0 amide bonds. The molecule has 114 valence electrons. The minimum Gasteiger partial charge on any atom is -0.481 e. The standard InChI is InChI=1S/C15H10Br2ClNO2S/c16-8-1-3-10(4-2-8)19-15(22)12-5-9(18)6-13(17)11(12)7-14(20)21/h1-6H,7H2,(H,19,22)(H,20,21). The van der Waals surface area contributed by atoms with Gasteiger partial charge in [0.1, 0.15) is 4.99 Å². The topological polar surface area (TPSA) is 49.3 Å². The third-order valence-electron chi connectivity index (χ3n) is 2.83.